The van der Waals surface area contributed by atoms with Gasteiger partial charge in [-0.05, 0) is 36.4 Å². The van der Waals surface area contributed by atoms with Gasteiger partial charge in [-0.1, -0.05) is 11.6 Å². The SMILES string of the molecule is O=C1Nc2ccc(Cl)cc2N/C1=C\c1ccc[nH]1. The average molecular weight is 260 g/mol. The van der Waals surface area contributed by atoms with Gasteiger partial charge in [0.05, 0.1) is 11.4 Å². The molecule has 1 amide bonds. The minimum absolute atomic E-state index is 0.167. The van der Waals surface area contributed by atoms with Crippen molar-refractivity contribution in [3.63, 3.8) is 0 Å². The number of anilines is 2. The molecule has 0 spiro atoms. The first-order valence-corrected chi connectivity index (χ1v) is 5.83. The smallest absolute Gasteiger partial charge is 0.272 e. The van der Waals surface area contributed by atoms with Crippen LogP contribution >= 0.6 is 11.6 Å². The summed E-state index contributed by atoms with van der Waals surface area (Å²) < 4.78 is 0. The normalized spacial score (nSPS) is 16.1. The summed E-state index contributed by atoms with van der Waals surface area (Å²) >= 11 is 5.93. The zero-order valence-electron chi connectivity index (χ0n) is 9.33. The molecule has 0 atom stereocenters. The molecule has 3 N–H and O–H groups in total. The minimum atomic E-state index is -0.167. The molecule has 2 aromatic rings. The molecule has 1 aromatic carbocycles. The van der Waals surface area contributed by atoms with Crippen LogP contribution in [0.15, 0.2) is 42.2 Å². The number of fused-ring (bicyclic) bond motifs is 1. The second-order valence-electron chi connectivity index (χ2n) is 3.95. The third-order valence-electron chi connectivity index (χ3n) is 2.67. The van der Waals surface area contributed by atoms with Crippen LogP contribution in [0.2, 0.25) is 5.02 Å². The predicted molar refractivity (Wildman–Crippen MR) is 72.5 cm³/mol. The fourth-order valence-electron chi connectivity index (χ4n) is 1.81. The molecule has 2 heterocycles. The van der Waals surface area contributed by atoms with Crippen molar-refractivity contribution in [1.82, 2.24) is 4.98 Å². The molecule has 90 valence electrons. The van der Waals surface area contributed by atoms with Crippen LogP contribution in [0.5, 0.6) is 0 Å². The summed E-state index contributed by atoms with van der Waals surface area (Å²) in [5.74, 6) is -0.167. The van der Waals surface area contributed by atoms with Crippen LogP contribution in [-0.2, 0) is 4.79 Å². The summed E-state index contributed by atoms with van der Waals surface area (Å²) in [5.41, 5.74) is 2.86. The number of amides is 1. The van der Waals surface area contributed by atoms with Crippen LogP contribution in [0.4, 0.5) is 11.4 Å². The van der Waals surface area contributed by atoms with Crippen LogP contribution < -0.4 is 10.6 Å². The van der Waals surface area contributed by atoms with Crippen molar-refractivity contribution in [2.75, 3.05) is 10.6 Å². The predicted octanol–water partition coefficient (Wildman–Crippen LogP) is 3.07. The molecule has 0 bridgehead atoms. The Labute approximate surface area is 109 Å². The summed E-state index contributed by atoms with van der Waals surface area (Å²) in [6.45, 7) is 0. The number of aromatic amines is 1. The third-order valence-corrected chi connectivity index (χ3v) is 2.90. The molecule has 0 saturated heterocycles. The fraction of sp³-hybridized carbons (Fsp3) is 0. The topological polar surface area (TPSA) is 56.9 Å². The highest BCUT2D eigenvalue weighted by molar-refractivity contribution is 6.31. The number of H-pyrrole nitrogens is 1. The fourth-order valence-corrected chi connectivity index (χ4v) is 1.98. The molecule has 0 unspecified atom stereocenters. The largest absolute Gasteiger partial charge is 0.362 e. The van der Waals surface area contributed by atoms with Crippen LogP contribution in [0, 0.1) is 0 Å². The van der Waals surface area contributed by atoms with Crippen molar-refractivity contribution in [1.29, 1.82) is 0 Å². The number of benzene rings is 1. The zero-order chi connectivity index (χ0) is 12.5. The van der Waals surface area contributed by atoms with Crippen LogP contribution in [0.25, 0.3) is 6.08 Å². The standard InChI is InChI=1S/C13H10ClN3O/c14-8-3-4-10-11(6-8)16-12(13(18)17-10)7-9-2-1-5-15-9/h1-7,15-16H,(H,17,18)/b12-7-. The molecule has 18 heavy (non-hydrogen) atoms. The van der Waals surface area contributed by atoms with E-state index in [9.17, 15) is 4.79 Å². The van der Waals surface area contributed by atoms with Crippen molar-refractivity contribution in [3.8, 4) is 0 Å². The second-order valence-corrected chi connectivity index (χ2v) is 4.39. The number of hydrogen-bond acceptors (Lipinski definition) is 2. The summed E-state index contributed by atoms with van der Waals surface area (Å²) in [6.07, 6.45) is 3.55. The first-order chi connectivity index (χ1) is 8.72. The van der Waals surface area contributed by atoms with Gasteiger partial charge in [0.2, 0.25) is 0 Å². The number of hydrogen-bond donors (Lipinski definition) is 3. The van der Waals surface area contributed by atoms with Crippen LogP contribution in [0.3, 0.4) is 0 Å². The lowest BCUT2D eigenvalue weighted by atomic mass is 10.2. The lowest BCUT2D eigenvalue weighted by molar-refractivity contribution is -0.112. The number of carbonyl (C=O) groups is 1. The number of rotatable bonds is 1. The third kappa shape index (κ3) is 1.98. The van der Waals surface area contributed by atoms with Gasteiger partial charge in [-0.25, -0.2) is 0 Å². The maximum Gasteiger partial charge on any atom is 0.272 e. The van der Waals surface area contributed by atoms with E-state index in [0.29, 0.717) is 10.7 Å². The lowest BCUT2D eigenvalue weighted by Crippen LogP contribution is -2.25. The van der Waals surface area contributed by atoms with Gasteiger partial charge in [0.25, 0.3) is 5.91 Å². The average Bonchev–Trinajstić information content (AvgIpc) is 2.83. The van der Waals surface area contributed by atoms with Crippen molar-refractivity contribution < 1.29 is 4.79 Å². The number of aromatic nitrogens is 1. The Bertz CT molecular complexity index is 632. The Morgan fingerprint density at radius 3 is 2.78 bits per heavy atom. The molecule has 0 fully saturated rings. The van der Waals surface area contributed by atoms with Gasteiger partial charge in [-0.2, -0.15) is 0 Å². The molecule has 0 radical (unpaired) electrons. The summed E-state index contributed by atoms with van der Waals surface area (Å²) in [5, 5.41) is 6.50. The maximum atomic E-state index is 11.9. The maximum absolute atomic E-state index is 11.9. The molecular weight excluding hydrogens is 250 g/mol. The quantitative estimate of drug-likeness (QED) is 0.690. The molecule has 0 aliphatic carbocycles. The van der Waals surface area contributed by atoms with Gasteiger partial charge in [0.15, 0.2) is 0 Å². The van der Waals surface area contributed by atoms with Crippen molar-refractivity contribution in [2.24, 2.45) is 0 Å². The number of halogens is 1. The molecule has 1 aliphatic heterocycles. The van der Waals surface area contributed by atoms with Gasteiger partial charge >= 0.3 is 0 Å². The van der Waals surface area contributed by atoms with Crippen molar-refractivity contribution in [3.05, 3.63) is 52.9 Å². The number of carbonyl (C=O) groups excluding carboxylic acids is 1. The Balaban J connectivity index is 1.98. The van der Waals surface area contributed by atoms with E-state index in [0.717, 1.165) is 17.1 Å². The highest BCUT2D eigenvalue weighted by atomic mass is 35.5. The molecule has 5 heteroatoms. The molecule has 0 saturated carbocycles. The second kappa shape index (κ2) is 4.23. The van der Waals surface area contributed by atoms with E-state index in [4.69, 9.17) is 11.6 Å². The first kappa shape index (κ1) is 10.9. The van der Waals surface area contributed by atoms with Gasteiger partial charge in [-0.3, -0.25) is 4.79 Å². The Morgan fingerprint density at radius 1 is 1.11 bits per heavy atom. The van der Waals surface area contributed by atoms with Crippen molar-refractivity contribution >= 4 is 35.0 Å². The van der Waals surface area contributed by atoms with E-state index in [1.807, 2.05) is 12.1 Å². The molecule has 4 nitrogen and oxygen atoms in total. The van der Waals surface area contributed by atoms with E-state index in [2.05, 4.69) is 15.6 Å². The minimum Gasteiger partial charge on any atom is -0.362 e. The van der Waals surface area contributed by atoms with Gasteiger partial charge in [0, 0.05) is 16.9 Å². The van der Waals surface area contributed by atoms with E-state index in [1.54, 1.807) is 30.5 Å². The van der Waals surface area contributed by atoms with E-state index in [1.165, 1.54) is 0 Å². The summed E-state index contributed by atoms with van der Waals surface area (Å²) in [6, 6.07) is 9.04. The Hall–Kier alpha value is -2.20. The van der Waals surface area contributed by atoms with E-state index >= 15 is 0 Å². The molecule has 1 aliphatic rings. The number of nitrogens with one attached hydrogen (secondary N) is 3. The molecule has 3 rings (SSSR count). The molecule has 1 aromatic heterocycles. The van der Waals surface area contributed by atoms with Crippen molar-refractivity contribution in [2.45, 2.75) is 0 Å². The van der Waals surface area contributed by atoms with E-state index < -0.39 is 0 Å². The van der Waals surface area contributed by atoms with Gasteiger partial charge in [0.1, 0.15) is 5.70 Å². The highest BCUT2D eigenvalue weighted by Gasteiger charge is 2.19. The first-order valence-electron chi connectivity index (χ1n) is 5.45. The lowest BCUT2D eigenvalue weighted by Gasteiger charge is -2.21. The highest BCUT2D eigenvalue weighted by Crippen LogP contribution is 2.30. The Kier molecular flexibility index (Phi) is 2.57. The Morgan fingerprint density at radius 2 is 2.00 bits per heavy atom. The van der Waals surface area contributed by atoms with Gasteiger partial charge < -0.3 is 15.6 Å². The van der Waals surface area contributed by atoms with E-state index in [-0.39, 0.29) is 5.91 Å². The monoisotopic (exact) mass is 259 g/mol. The van der Waals surface area contributed by atoms with Crippen LogP contribution in [0.1, 0.15) is 5.69 Å². The van der Waals surface area contributed by atoms with Crippen LogP contribution in [-0.4, -0.2) is 10.9 Å². The molecular formula is C13H10ClN3O. The zero-order valence-corrected chi connectivity index (χ0v) is 10.1. The summed E-state index contributed by atoms with van der Waals surface area (Å²) in [7, 11) is 0. The summed E-state index contributed by atoms with van der Waals surface area (Å²) in [4.78, 5) is 14.9. The van der Waals surface area contributed by atoms with Gasteiger partial charge in [-0.15, -0.1) is 0 Å².